The lowest BCUT2D eigenvalue weighted by Crippen LogP contribution is -2.47. The highest BCUT2D eigenvalue weighted by atomic mass is 35.5. The molecule has 3 nitrogen and oxygen atoms in total. The second kappa shape index (κ2) is 7.69. The van der Waals surface area contributed by atoms with Crippen molar-refractivity contribution < 1.29 is 9.13 Å². The standard InChI is InChI=1S/C13H19FN2O.ClH/c1-17-8-7-16-6-5-15-10-13(16)11-3-2-4-12(14)9-11;/h2-4,9,13,15H,5-8,10H2,1H3;1H. The molecule has 0 saturated carbocycles. The van der Waals surface area contributed by atoms with Crippen molar-refractivity contribution in [2.24, 2.45) is 0 Å². The third-order valence-electron chi connectivity index (χ3n) is 3.17. The molecule has 0 spiro atoms. The number of ether oxygens (including phenoxy) is 1. The van der Waals surface area contributed by atoms with E-state index in [2.05, 4.69) is 10.2 Å². The minimum Gasteiger partial charge on any atom is -0.383 e. The molecule has 1 fully saturated rings. The zero-order chi connectivity index (χ0) is 12.1. The van der Waals surface area contributed by atoms with Gasteiger partial charge in [-0.15, -0.1) is 12.4 Å². The first-order valence-corrected chi connectivity index (χ1v) is 6.00. The van der Waals surface area contributed by atoms with Crippen molar-refractivity contribution in [3.8, 4) is 0 Å². The van der Waals surface area contributed by atoms with E-state index < -0.39 is 0 Å². The molecule has 1 heterocycles. The maximum atomic E-state index is 13.2. The van der Waals surface area contributed by atoms with Gasteiger partial charge in [-0.25, -0.2) is 4.39 Å². The van der Waals surface area contributed by atoms with Crippen LogP contribution in [0.25, 0.3) is 0 Å². The van der Waals surface area contributed by atoms with Crippen LogP contribution in [0, 0.1) is 5.82 Å². The van der Waals surface area contributed by atoms with Crippen molar-refractivity contribution in [2.75, 3.05) is 39.9 Å². The van der Waals surface area contributed by atoms with E-state index in [9.17, 15) is 4.39 Å². The SMILES string of the molecule is COCCN1CCNCC1c1cccc(F)c1.Cl. The largest absolute Gasteiger partial charge is 0.383 e. The van der Waals surface area contributed by atoms with Gasteiger partial charge in [0.1, 0.15) is 5.82 Å². The lowest BCUT2D eigenvalue weighted by molar-refractivity contribution is 0.103. The van der Waals surface area contributed by atoms with E-state index in [1.165, 1.54) is 6.07 Å². The fourth-order valence-electron chi connectivity index (χ4n) is 2.27. The highest BCUT2D eigenvalue weighted by molar-refractivity contribution is 5.85. The molecule has 1 atom stereocenters. The topological polar surface area (TPSA) is 24.5 Å². The predicted molar refractivity (Wildman–Crippen MR) is 72.7 cm³/mol. The fraction of sp³-hybridized carbons (Fsp3) is 0.538. The Bertz CT molecular complexity index is 365. The molecule has 5 heteroatoms. The number of rotatable bonds is 4. The number of nitrogens with one attached hydrogen (secondary N) is 1. The average molecular weight is 275 g/mol. The molecule has 1 aliphatic heterocycles. The Kier molecular flexibility index (Phi) is 6.57. The summed E-state index contributed by atoms with van der Waals surface area (Å²) in [4.78, 5) is 2.34. The third kappa shape index (κ3) is 3.92. The summed E-state index contributed by atoms with van der Waals surface area (Å²) < 4.78 is 18.4. The lowest BCUT2D eigenvalue weighted by Gasteiger charge is -2.36. The van der Waals surface area contributed by atoms with Crippen molar-refractivity contribution in [3.63, 3.8) is 0 Å². The van der Waals surface area contributed by atoms with E-state index in [1.807, 2.05) is 6.07 Å². The van der Waals surface area contributed by atoms with E-state index in [0.717, 1.165) is 31.7 Å². The Morgan fingerprint density at radius 3 is 3.06 bits per heavy atom. The van der Waals surface area contributed by atoms with E-state index >= 15 is 0 Å². The summed E-state index contributed by atoms with van der Waals surface area (Å²) >= 11 is 0. The molecular formula is C13H20ClFN2O. The Hall–Kier alpha value is -0.680. The average Bonchev–Trinajstić information content (AvgIpc) is 2.37. The van der Waals surface area contributed by atoms with Gasteiger partial charge in [-0.3, -0.25) is 4.90 Å². The van der Waals surface area contributed by atoms with Gasteiger partial charge in [-0.2, -0.15) is 0 Å². The summed E-state index contributed by atoms with van der Waals surface area (Å²) in [5, 5.41) is 3.35. The highest BCUT2D eigenvalue weighted by Gasteiger charge is 2.23. The van der Waals surface area contributed by atoms with Gasteiger partial charge in [0, 0.05) is 39.3 Å². The zero-order valence-corrected chi connectivity index (χ0v) is 11.4. The molecule has 0 aromatic heterocycles. The van der Waals surface area contributed by atoms with Gasteiger partial charge >= 0.3 is 0 Å². The van der Waals surface area contributed by atoms with Crippen molar-refractivity contribution >= 4 is 12.4 Å². The van der Waals surface area contributed by atoms with Crippen molar-refractivity contribution in [1.29, 1.82) is 0 Å². The molecule has 0 aliphatic carbocycles. The second-order valence-corrected chi connectivity index (χ2v) is 4.30. The second-order valence-electron chi connectivity index (χ2n) is 4.30. The van der Waals surface area contributed by atoms with Gasteiger partial charge in [0.25, 0.3) is 0 Å². The molecule has 1 N–H and O–H groups in total. The summed E-state index contributed by atoms with van der Waals surface area (Å²) in [5.41, 5.74) is 1.04. The van der Waals surface area contributed by atoms with Crippen molar-refractivity contribution in [3.05, 3.63) is 35.6 Å². The van der Waals surface area contributed by atoms with E-state index in [0.29, 0.717) is 6.61 Å². The Morgan fingerprint density at radius 1 is 1.50 bits per heavy atom. The van der Waals surface area contributed by atoms with Gasteiger partial charge in [0.15, 0.2) is 0 Å². The number of hydrogen-bond donors (Lipinski definition) is 1. The van der Waals surface area contributed by atoms with Gasteiger partial charge in [0.05, 0.1) is 6.61 Å². The van der Waals surface area contributed by atoms with Gasteiger partial charge < -0.3 is 10.1 Å². The normalized spacial score (nSPS) is 20.4. The number of methoxy groups -OCH3 is 1. The Labute approximate surface area is 114 Å². The summed E-state index contributed by atoms with van der Waals surface area (Å²) in [6.45, 7) is 4.43. The molecule has 102 valence electrons. The van der Waals surface area contributed by atoms with Gasteiger partial charge in [-0.1, -0.05) is 12.1 Å². The van der Waals surface area contributed by atoms with Crippen LogP contribution in [0.15, 0.2) is 24.3 Å². The quantitative estimate of drug-likeness (QED) is 0.907. The van der Waals surface area contributed by atoms with E-state index in [-0.39, 0.29) is 24.3 Å². The van der Waals surface area contributed by atoms with Gasteiger partial charge in [0.2, 0.25) is 0 Å². The minimum atomic E-state index is -0.167. The number of hydrogen-bond acceptors (Lipinski definition) is 3. The first-order chi connectivity index (χ1) is 8.31. The Morgan fingerprint density at radius 2 is 2.33 bits per heavy atom. The van der Waals surface area contributed by atoms with E-state index in [4.69, 9.17) is 4.74 Å². The maximum Gasteiger partial charge on any atom is 0.123 e. The molecule has 1 aromatic carbocycles. The monoisotopic (exact) mass is 274 g/mol. The molecule has 0 bridgehead atoms. The molecule has 18 heavy (non-hydrogen) atoms. The molecule has 1 aliphatic rings. The van der Waals surface area contributed by atoms with Gasteiger partial charge in [-0.05, 0) is 17.7 Å². The van der Waals surface area contributed by atoms with Crippen LogP contribution in [0.3, 0.4) is 0 Å². The molecular weight excluding hydrogens is 255 g/mol. The van der Waals surface area contributed by atoms with Crippen LogP contribution in [0.2, 0.25) is 0 Å². The summed E-state index contributed by atoms with van der Waals surface area (Å²) in [6, 6.07) is 7.11. The van der Waals surface area contributed by atoms with Crippen molar-refractivity contribution in [1.82, 2.24) is 10.2 Å². The molecule has 0 amide bonds. The highest BCUT2D eigenvalue weighted by Crippen LogP contribution is 2.22. The smallest absolute Gasteiger partial charge is 0.123 e. The first kappa shape index (κ1) is 15.4. The minimum absolute atomic E-state index is 0. The number of halogens is 2. The zero-order valence-electron chi connectivity index (χ0n) is 10.6. The van der Waals surface area contributed by atoms with Crippen LogP contribution in [0.4, 0.5) is 4.39 Å². The summed E-state index contributed by atoms with van der Waals surface area (Å²) in [5.74, 6) is -0.167. The molecule has 1 saturated heterocycles. The summed E-state index contributed by atoms with van der Waals surface area (Å²) in [6.07, 6.45) is 0. The van der Waals surface area contributed by atoms with Crippen LogP contribution in [0.1, 0.15) is 11.6 Å². The predicted octanol–water partition coefficient (Wildman–Crippen LogP) is 1.84. The first-order valence-electron chi connectivity index (χ1n) is 6.00. The number of piperazine rings is 1. The van der Waals surface area contributed by atoms with Crippen LogP contribution in [-0.4, -0.2) is 44.8 Å². The van der Waals surface area contributed by atoms with E-state index in [1.54, 1.807) is 19.2 Å². The molecule has 1 aromatic rings. The summed E-state index contributed by atoms with van der Waals surface area (Å²) in [7, 11) is 1.71. The fourth-order valence-corrected chi connectivity index (χ4v) is 2.27. The maximum absolute atomic E-state index is 13.2. The van der Waals surface area contributed by atoms with Crippen LogP contribution in [-0.2, 0) is 4.74 Å². The molecule has 1 unspecified atom stereocenters. The van der Waals surface area contributed by atoms with Crippen LogP contribution < -0.4 is 5.32 Å². The van der Waals surface area contributed by atoms with Crippen LogP contribution >= 0.6 is 12.4 Å². The van der Waals surface area contributed by atoms with Crippen molar-refractivity contribution in [2.45, 2.75) is 6.04 Å². The molecule has 2 rings (SSSR count). The Balaban J connectivity index is 0.00000162. The number of benzene rings is 1. The number of nitrogens with zero attached hydrogens (tertiary/aromatic N) is 1. The third-order valence-corrected chi connectivity index (χ3v) is 3.17. The van der Waals surface area contributed by atoms with Crippen LogP contribution in [0.5, 0.6) is 0 Å². The molecule has 0 radical (unpaired) electrons. The lowest BCUT2D eigenvalue weighted by atomic mass is 10.0.